The smallest absolute Gasteiger partial charge is 0.113 e. The summed E-state index contributed by atoms with van der Waals surface area (Å²) in [5, 5.41) is 10.4. The lowest BCUT2D eigenvalue weighted by Crippen LogP contribution is -2.66. The topological polar surface area (TPSA) is 33.0 Å². The number of ether oxygens (including phenoxy) is 1. The van der Waals surface area contributed by atoms with Gasteiger partial charge in [-0.15, -0.1) is 0 Å². The molecule has 0 amide bonds. The van der Waals surface area contributed by atoms with Gasteiger partial charge >= 0.3 is 0 Å². The van der Waals surface area contributed by atoms with Crippen LogP contribution in [0, 0.1) is 17.2 Å². The SMILES string of the molecule is C[N+]1(C)C2COCC1CC(CC(C#N)(c1ccccc1)c1ccccc1)C2. The van der Waals surface area contributed by atoms with Crippen LogP contribution < -0.4 is 0 Å². The summed E-state index contributed by atoms with van der Waals surface area (Å²) in [6, 6.07) is 24.5. The maximum absolute atomic E-state index is 10.4. The minimum absolute atomic E-state index is 0.533. The van der Waals surface area contributed by atoms with Crippen molar-refractivity contribution < 1.29 is 9.22 Å². The molecular formula is C24H29N2O+. The molecule has 2 heterocycles. The molecule has 2 fully saturated rings. The second-order valence-electron chi connectivity index (χ2n) is 8.76. The first kappa shape index (κ1) is 18.2. The average Bonchev–Trinajstić information content (AvgIpc) is 2.68. The quantitative estimate of drug-likeness (QED) is 0.767. The molecule has 2 atom stereocenters. The normalized spacial score (nSPS) is 26.9. The molecule has 0 N–H and O–H groups in total. The van der Waals surface area contributed by atoms with E-state index in [0.717, 1.165) is 48.1 Å². The van der Waals surface area contributed by atoms with E-state index in [2.05, 4.69) is 44.4 Å². The van der Waals surface area contributed by atoms with Crippen molar-refractivity contribution in [3.63, 3.8) is 0 Å². The van der Waals surface area contributed by atoms with Gasteiger partial charge in [0, 0.05) is 12.8 Å². The molecular weight excluding hydrogens is 332 g/mol. The first-order valence-corrected chi connectivity index (χ1v) is 9.99. The van der Waals surface area contributed by atoms with Crippen molar-refractivity contribution in [1.29, 1.82) is 5.26 Å². The fourth-order valence-corrected chi connectivity index (χ4v) is 5.19. The van der Waals surface area contributed by atoms with Gasteiger partial charge in [-0.3, -0.25) is 0 Å². The Balaban J connectivity index is 1.70. The lowest BCUT2D eigenvalue weighted by molar-refractivity contribution is -0.953. The number of hydrogen-bond donors (Lipinski definition) is 0. The number of morpholine rings is 1. The molecule has 4 rings (SSSR count). The Kier molecular flexibility index (Phi) is 4.80. The van der Waals surface area contributed by atoms with Crippen molar-refractivity contribution in [2.24, 2.45) is 5.92 Å². The van der Waals surface area contributed by atoms with Crippen molar-refractivity contribution in [3.05, 3.63) is 71.8 Å². The highest BCUT2D eigenvalue weighted by Crippen LogP contribution is 2.44. The highest BCUT2D eigenvalue weighted by Gasteiger charge is 2.49. The molecule has 2 aromatic carbocycles. The summed E-state index contributed by atoms with van der Waals surface area (Å²) in [5.74, 6) is 0.537. The summed E-state index contributed by atoms with van der Waals surface area (Å²) in [6.07, 6.45) is 3.14. The molecule has 27 heavy (non-hydrogen) atoms. The molecule has 2 aromatic rings. The molecule has 2 aliphatic rings. The Morgan fingerprint density at radius 1 is 0.926 bits per heavy atom. The Bertz CT molecular complexity index is 754. The van der Waals surface area contributed by atoms with Crippen molar-refractivity contribution >= 4 is 0 Å². The number of quaternary nitrogens is 1. The van der Waals surface area contributed by atoms with Crippen LogP contribution in [0.1, 0.15) is 30.4 Å². The first-order valence-electron chi connectivity index (χ1n) is 9.99. The van der Waals surface area contributed by atoms with Crippen LogP contribution in [0.25, 0.3) is 0 Å². The summed E-state index contributed by atoms with van der Waals surface area (Å²) in [7, 11) is 4.69. The van der Waals surface area contributed by atoms with Crippen LogP contribution in [0.2, 0.25) is 0 Å². The van der Waals surface area contributed by atoms with Crippen LogP contribution in [0.4, 0.5) is 0 Å². The van der Waals surface area contributed by atoms with Gasteiger partial charge in [-0.05, 0) is 23.5 Å². The van der Waals surface area contributed by atoms with Gasteiger partial charge in [-0.2, -0.15) is 5.26 Å². The number of benzene rings is 2. The second-order valence-corrected chi connectivity index (χ2v) is 8.76. The fraction of sp³-hybridized carbons (Fsp3) is 0.458. The van der Waals surface area contributed by atoms with Crippen LogP contribution in [0.5, 0.6) is 0 Å². The number of likely N-dealkylation sites (N-methyl/N-ethyl adjacent to an activating group) is 1. The fourth-order valence-electron chi connectivity index (χ4n) is 5.19. The van der Waals surface area contributed by atoms with Crippen LogP contribution in [0.15, 0.2) is 60.7 Å². The predicted octanol–water partition coefficient (Wildman–Crippen LogP) is 4.14. The first-order chi connectivity index (χ1) is 13.1. The molecule has 0 spiro atoms. The van der Waals surface area contributed by atoms with E-state index in [1.807, 2.05) is 36.4 Å². The van der Waals surface area contributed by atoms with E-state index >= 15 is 0 Å². The molecule has 140 valence electrons. The van der Waals surface area contributed by atoms with Gasteiger partial charge in [0.05, 0.1) is 33.4 Å². The zero-order valence-corrected chi connectivity index (χ0v) is 16.3. The Labute approximate surface area is 162 Å². The van der Waals surface area contributed by atoms with E-state index in [4.69, 9.17) is 4.74 Å². The second kappa shape index (κ2) is 7.11. The minimum atomic E-state index is -0.586. The third-order valence-corrected chi connectivity index (χ3v) is 7.03. The molecule has 2 bridgehead atoms. The van der Waals surface area contributed by atoms with Crippen LogP contribution >= 0.6 is 0 Å². The average molecular weight is 362 g/mol. The Morgan fingerprint density at radius 3 is 1.85 bits per heavy atom. The van der Waals surface area contributed by atoms with E-state index in [9.17, 15) is 5.26 Å². The van der Waals surface area contributed by atoms with Crippen molar-refractivity contribution in [1.82, 2.24) is 0 Å². The predicted molar refractivity (Wildman–Crippen MR) is 107 cm³/mol. The van der Waals surface area contributed by atoms with Crippen LogP contribution in [-0.4, -0.2) is 43.9 Å². The lowest BCUT2D eigenvalue weighted by Gasteiger charge is -2.53. The van der Waals surface area contributed by atoms with Crippen molar-refractivity contribution in [2.45, 2.75) is 36.8 Å². The number of nitriles is 1. The highest BCUT2D eigenvalue weighted by atomic mass is 16.5. The van der Waals surface area contributed by atoms with Gasteiger partial charge in [-0.1, -0.05) is 60.7 Å². The summed E-state index contributed by atoms with van der Waals surface area (Å²) in [4.78, 5) is 0. The molecule has 0 aromatic heterocycles. The van der Waals surface area contributed by atoms with Gasteiger partial charge in [0.25, 0.3) is 0 Å². The molecule has 2 unspecified atom stereocenters. The zero-order valence-electron chi connectivity index (χ0n) is 16.3. The number of piperidine rings is 1. The van der Waals surface area contributed by atoms with Gasteiger partial charge in [0.2, 0.25) is 0 Å². The molecule has 0 saturated carbocycles. The Hall–Kier alpha value is -2.15. The number of fused-ring (bicyclic) bond motifs is 2. The maximum atomic E-state index is 10.4. The molecule has 0 radical (unpaired) electrons. The van der Waals surface area contributed by atoms with Gasteiger partial charge in [-0.25, -0.2) is 0 Å². The summed E-state index contributed by atoms with van der Waals surface area (Å²) in [6.45, 7) is 1.69. The molecule has 2 saturated heterocycles. The van der Waals surface area contributed by atoms with E-state index in [1.165, 1.54) is 0 Å². The number of hydrogen-bond acceptors (Lipinski definition) is 2. The molecule has 0 aliphatic carbocycles. The van der Waals surface area contributed by atoms with Crippen LogP contribution in [0.3, 0.4) is 0 Å². The summed E-state index contributed by atoms with van der Waals surface area (Å²) >= 11 is 0. The highest BCUT2D eigenvalue weighted by molar-refractivity contribution is 5.45. The largest absolute Gasteiger partial charge is 0.369 e. The monoisotopic (exact) mass is 361 g/mol. The van der Waals surface area contributed by atoms with E-state index in [-0.39, 0.29) is 0 Å². The zero-order chi connectivity index (χ0) is 18.9. The number of rotatable bonds is 4. The summed E-state index contributed by atoms with van der Waals surface area (Å²) in [5.41, 5.74) is 1.63. The minimum Gasteiger partial charge on any atom is -0.369 e. The van der Waals surface area contributed by atoms with Crippen molar-refractivity contribution in [3.8, 4) is 6.07 Å². The van der Waals surface area contributed by atoms with Crippen molar-refractivity contribution in [2.75, 3.05) is 27.3 Å². The van der Waals surface area contributed by atoms with Gasteiger partial charge in [0.1, 0.15) is 17.5 Å². The van der Waals surface area contributed by atoms with E-state index in [0.29, 0.717) is 18.0 Å². The third kappa shape index (κ3) is 3.18. The molecule has 2 aliphatic heterocycles. The van der Waals surface area contributed by atoms with Crippen LogP contribution in [-0.2, 0) is 10.2 Å². The van der Waals surface area contributed by atoms with E-state index in [1.54, 1.807) is 0 Å². The number of nitrogens with zero attached hydrogens (tertiary/aromatic N) is 2. The van der Waals surface area contributed by atoms with E-state index < -0.39 is 5.41 Å². The standard InChI is InChI=1S/C24H29N2O/c1-26(2)22-13-19(14-23(26)17-27-16-22)15-24(18-25,20-9-5-3-6-10-20)21-11-7-4-8-12-21/h3-12,19,22-23H,13-17H2,1-2H3/q+1. The molecule has 3 nitrogen and oxygen atoms in total. The molecule has 3 heteroatoms. The van der Waals surface area contributed by atoms with Gasteiger partial charge < -0.3 is 9.22 Å². The lowest BCUT2D eigenvalue weighted by atomic mass is 9.67. The Morgan fingerprint density at radius 2 is 1.41 bits per heavy atom. The summed E-state index contributed by atoms with van der Waals surface area (Å²) < 4.78 is 6.93. The third-order valence-electron chi connectivity index (χ3n) is 7.03. The van der Waals surface area contributed by atoms with Gasteiger partial charge in [0.15, 0.2) is 0 Å². The maximum Gasteiger partial charge on any atom is 0.113 e.